The van der Waals surface area contributed by atoms with Gasteiger partial charge in [0.25, 0.3) is 5.89 Å². The van der Waals surface area contributed by atoms with E-state index in [4.69, 9.17) is 14.0 Å². The number of aromatic nitrogens is 2. The first-order chi connectivity index (χ1) is 11.7. The van der Waals surface area contributed by atoms with E-state index in [0.717, 1.165) is 11.3 Å². The van der Waals surface area contributed by atoms with E-state index < -0.39 is 5.97 Å². The van der Waals surface area contributed by atoms with E-state index in [9.17, 15) is 4.79 Å². The van der Waals surface area contributed by atoms with Gasteiger partial charge in [0.05, 0.1) is 12.7 Å². The molecule has 0 unspecified atom stereocenters. The summed E-state index contributed by atoms with van der Waals surface area (Å²) in [6.07, 6.45) is 0. The number of carbonyl (C=O) groups is 1. The van der Waals surface area contributed by atoms with Gasteiger partial charge in [0.2, 0.25) is 5.82 Å². The summed E-state index contributed by atoms with van der Waals surface area (Å²) in [7, 11) is 1.60. The molecule has 0 atom stereocenters. The SMILES string of the molecule is COc1ccc(-c2noc(COC(=O)c3ccccc3Br)n2)cc1. The fourth-order valence-electron chi connectivity index (χ4n) is 2.00. The third-order valence-electron chi connectivity index (χ3n) is 3.24. The number of benzene rings is 2. The van der Waals surface area contributed by atoms with Crippen molar-refractivity contribution in [3.8, 4) is 17.1 Å². The molecule has 0 saturated carbocycles. The molecule has 6 nitrogen and oxygen atoms in total. The van der Waals surface area contributed by atoms with Crippen LogP contribution in [0.3, 0.4) is 0 Å². The number of carbonyl (C=O) groups excluding carboxylic acids is 1. The minimum absolute atomic E-state index is 0.0939. The number of rotatable bonds is 5. The molecule has 1 aromatic heterocycles. The summed E-state index contributed by atoms with van der Waals surface area (Å²) in [5.41, 5.74) is 1.22. The Morgan fingerprint density at radius 3 is 2.62 bits per heavy atom. The maximum Gasteiger partial charge on any atom is 0.339 e. The summed E-state index contributed by atoms with van der Waals surface area (Å²) in [6, 6.07) is 14.3. The number of hydrogen-bond donors (Lipinski definition) is 0. The van der Waals surface area contributed by atoms with E-state index in [-0.39, 0.29) is 12.5 Å². The van der Waals surface area contributed by atoms with E-state index in [2.05, 4.69) is 26.1 Å². The van der Waals surface area contributed by atoms with Crippen LogP contribution in [0, 0.1) is 0 Å². The molecule has 122 valence electrons. The minimum atomic E-state index is -0.466. The zero-order valence-electron chi connectivity index (χ0n) is 12.7. The summed E-state index contributed by atoms with van der Waals surface area (Å²) < 4.78 is 16.1. The molecule has 0 aliphatic rings. The monoisotopic (exact) mass is 388 g/mol. The van der Waals surface area contributed by atoms with Crippen LogP contribution < -0.4 is 4.74 Å². The Morgan fingerprint density at radius 2 is 1.92 bits per heavy atom. The van der Waals surface area contributed by atoms with Gasteiger partial charge in [-0.25, -0.2) is 4.79 Å². The summed E-state index contributed by atoms with van der Waals surface area (Å²) in [4.78, 5) is 16.2. The lowest BCUT2D eigenvalue weighted by atomic mass is 10.2. The Balaban J connectivity index is 1.66. The lowest BCUT2D eigenvalue weighted by molar-refractivity contribution is 0.0428. The Kier molecular flexibility index (Phi) is 4.90. The van der Waals surface area contributed by atoms with Crippen molar-refractivity contribution in [1.29, 1.82) is 0 Å². The lowest BCUT2D eigenvalue weighted by Gasteiger charge is -2.03. The fraction of sp³-hybridized carbons (Fsp3) is 0.118. The van der Waals surface area contributed by atoms with Crippen molar-refractivity contribution in [3.63, 3.8) is 0 Å². The zero-order valence-corrected chi connectivity index (χ0v) is 14.3. The Bertz CT molecular complexity index is 846. The van der Waals surface area contributed by atoms with Crippen LogP contribution in [-0.4, -0.2) is 23.2 Å². The third-order valence-corrected chi connectivity index (χ3v) is 3.93. The molecule has 7 heteroatoms. The van der Waals surface area contributed by atoms with Gasteiger partial charge >= 0.3 is 5.97 Å². The summed E-state index contributed by atoms with van der Waals surface area (Å²) in [5, 5.41) is 3.88. The van der Waals surface area contributed by atoms with Crippen LogP contribution in [0.1, 0.15) is 16.2 Å². The van der Waals surface area contributed by atoms with Crippen LogP contribution in [0.2, 0.25) is 0 Å². The van der Waals surface area contributed by atoms with Gasteiger partial charge in [-0.3, -0.25) is 0 Å². The van der Waals surface area contributed by atoms with Crippen molar-refractivity contribution in [3.05, 3.63) is 64.5 Å². The smallest absolute Gasteiger partial charge is 0.339 e. The highest BCUT2D eigenvalue weighted by atomic mass is 79.9. The predicted octanol–water partition coefficient (Wildman–Crippen LogP) is 3.86. The van der Waals surface area contributed by atoms with Gasteiger partial charge < -0.3 is 14.0 Å². The highest BCUT2D eigenvalue weighted by Gasteiger charge is 2.14. The highest BCUT2D eigenvalue weighted by Crippen LogP contribution is 2.20. The first-order valence-corrected chi connectivity index (χ1v) is 7.85. The first-order valence-electron chi connectivity index (χ1n) is 7.06. The molecule has 0 amide bonds. The van der Waals surface area contributed by atoms with Gasteiger partial charge in [-0.2, -0.15) is 4.98 Å². The number of methoxy groups -OCH3 is 1. The Labute approximate surface area is 146 Å². The van der Waals surface area contributed by atoms with E-state index in [1.807, 2.05) is 18.2 Å². The van der Waals surface area contributed by atoms with Gasteiger partial charge in [0.1, 0.15) is 5.75 Å². The number of esters is 1. The van der Waals surface area contributed by atoms with Crippen molar-refractivity contribution < 1.29 is 18.8 Å². The first kappa shape index (κ1) is 16.2. The second kappa shape index (κ2) is 7.27. The van der Waals surface area contributed by atoms with Crippen molar-refractivity contribution in [2.24, 2.45) is 0 Å². The predicted molar refractivity (Wildman–Crippen MR) is 89.5 cm³/mol. The maximum absolute atomic E-state index is 12.0. The standard InChI is InChI=1S/C17H13BrN2O4/c1-22-12-8-6-11(7-9-12)16-19-15(24-20-16)10-23-17(21)13-4-2-3-5-14(13)18/h2-9H,10H2,1H3. The molecule has 24 heavy (non-hydrogen) atoms. The average molecular weight is 389 g/mol. The molecule has 0 aliphatic carbocycles. The fourth-order valence-corrected chi connectivity index (χ4v) is 2.45. The topological polar surface area (TPSA) is 74.5 Å². The van der Waals surface area contributed by atoms with Crippen LogP contribution in [0.15, 0.2) is 57.5 Å². The molecule has 0 bridgehead atoms. The zero-order chi connectivity index (χ0) is 16.9. The molecule has 3 rings (SSSR count). The Morgan fingerprint density at radius 1 is 1.17 bits per heavy atom. The van der Waals surface area contributed by atoms with E-state index in [0.29, 0.717) is 15.9 Å². The van der Waals surface area contributed by atoms with Gasteiger partial charge in [-0.05, 0) is 52.3 Å². The summed E-state index contributed by atoms with van der Waals surface area (Å²) in [5.74, 6) is 0.919. The average Bonchev–Trinajstić information content (AvgIpc) is 3.09. The van der Waals surface area contributed by atoms with Crippen LogP contribution in [0.4, 0.5) is 0 Å². The molecular formula is C17H13BrN2O4. The van der Waals surface area contributed by atoms with E-state index >= 15 is 0 Å². The van der Waals surface area contributed by atoms with Crippen LogP contribution >= 0.6 is 15.9 Å². The maximum atomic E-state index is 12.0. The van der Waals surface area contributed by atoms with Crippen molar-refractivity contribution in [2.75, 3.05) is 7.11 Å². The molecule has 3 aromatic rings. The second-order valence-corrected chi connectivity index (χ2v) is 5.65. The number of nitrogens with zero attached hydrogens (tertiary/aromatic N) is 2. The number of halogens is 1. The lowest BCUT2D eigenvalue weighted by Crippen LogP contribution is -2.06. The molecule has 1 heterocycles. The molecule has 2 aromatic carbocycles. The van der Waals surface area contributed by atoms with Crippen molar-refractivity contribution in [2.45, 2.75) is 6.61 Å². The van der Waals surface area contributed by atoms with Gasteiger partial charge in [-0.1, -0.05) is 17.3 Å². The summed E-state index contributed by atoms with van der Waals surface area (Å²) >= 11 is 3.31. The van der Waals surface area contributed by atoms with E-state index in [1.165, 1.54) is 0 Å². The van der Waals surface area contributed by atoms with E-state index in [1.54, 1.807) is 37.4 Å². The molecule has 0 aliphatic heterocycles. The van der Waals surface area contributed by atoms with Crippen LogP contribution in [0.25, 0.3) is 11.4 Å². The summed E-state index contributed by atoms with van der Waals surface area (Å²) in [6.45, 7) is -0.0939. The largest absolute Gasteiger partial charge is 0.497 e. The van der Waals surface area contributed by atoms with Gasteiger partial charge in [-0.15, -0.1) is 0 Å². The van der Waals surface area contributed by atoms with Crippen LogP contribution in [-0.2, 0) is 11.3 Å². The van der Waals surface area contributed by atoms with Crippen LogP contribution in [0.5, 0.6) is 5.75 Å². The molecule has 0 spiro atoms. The normalized spacial score (nSPS) is 10.4. The highest BCUT2D eigenvalue weighted by molar-refractivity contribution is 9.10. The number of hydrogen-bond acceptors (Lipinski definition) is 6. The second-order valence-electron chi connectivity index (χ2n) is 4.80. The Hall–Kier alpha value is -2.67. The van der Waals surface area contributed by atoms with Crippen molar-refractivity contribution >= 4 is 21.9 Å². The molecule has 0 fully saturated rings. The number of ether oxygens (including phenoxy) is 2. The minimum Gasteiger partial charge on any atom is -0.497 e. The van der Waals surface area contributed by atoms with Crippen molar-refractivity contribution in [1.82, 2.24) is 10.1 Å². The quantitative estimate of drug-likeness (QED) is 0.617. The molecule has 0 N–H and O–H groups in total. The van der Waals surface area contributed by atoms with Gasteiger partial charge in [0, 0.05) is 10.0 Å². The third kappa shape index (κ3) is 3.62. The molecule has 0 radical (unpaired) electrons. The molecule has 0 saturated heterocycles. The van der Waals surface area contributed by atoms with Gasteiger partial charge in [0.15, 0.2) is 6.61 Å². The molecular weight excluding hydrogens is 376 g/mol.